The van der Waals surface area contributed by atoms with E-state index in [2.05, 4.69) is 56.4 Å². The van der Waals surface area contributed by atoms with Gasteiger partial charge in [0, 0.05) is 47.2 Å². The van der Waals surface area contributed by atoms with E-state index in [1.165, 1.54) is 49.5 Å². The van der Waals surface area contributed by atoms with Crippen molar-refractivity contribution in [1.29, 1.82) is 0 Å². The molecule has 1 saturated heterocycles. The van der Waals surface area contributed by atoms with E-state index >= 15 is 19.2 Å². The molecule has 0 radical (unpaired) electrons. The van der Waals surface area contributed by atoms with Crippen LogP contribution < -0.4 is 61.5 Å². The van der Waals surface area contributed by atoms with E-state index in [4.69, 9.17) is 51.6 Å². The van der Waals surface area contributed by atoms with Crippen LogP contribution in [0.1, 0.15) is 134 Å². The number of unbranched alkanes of at least 4 members (excludes halogenated alkanes) is 4. The van der Waals surface area contributed by atoms with Crippen molar-refractivity contribution in [2.45, 2.75) is 144 Å². The Hall–Kier alpha value is -11.7. The lowest BCUT2D eigenvalue weighted by atomic mass is 9.89. The van der Waals surface area contributed by atoms with Crippen molar-refractivity contribution in [3.63, 3.8) is 0 Å². The Morgan fingerprint density at radius 3 is 1.92 bits per heavy atom. The number of fused-ring (bicyclic) bond motifs is 14. The van der Waals surface area contributed by atoms with Crippen molar-refractivity contribution in [3.8, 4) is 80.1 Å². The first-order valence-electron chi connectivity index (χ1n) is 35.3. The van der Waals surface area contributed by atoms with E-state index in [-0.39, 0.29) is 52.5 Å². The van der Waals surface area contributed by atoms with Crippen LogP contribution in [0.5, 0.6) is 69.0 Å². The number of hydrogen-bond acceptors (Lipinski definition) is 24. The van der Waals surface area contributed by atoms with Crippen molar-refractivity contribution in [2.24, 2.45) is 5.92 Å². The van der Waals surface area contributed by atoms with E-state index < -0.39 is 216 Å². The maximum Gasteiger partial charge on any atom is 0.337 e. The van der Waals surface area contributed by atoms with Gasteiger partial charge in [0.1, 0.15) is 101 Å². The van der Waals surface area contributed by atoms with Gasteiger partial charge in [-0.1, -0.05) is 99.5 Å². The zero-order valence-electron chi connectivity index (χ0n) is 59.6. The standard InChI is InChI=1S/C77H78Cl2N8O24/c1-32(2)10-8-6-5-7-9-11-54(93)82-63-65(95)66(96)68(76(105)106-4)111-77(63)110-67-52-26-37-27-53(67)109-50-21-16-36(24-44(50)78)64(94)62-74(102)86-61(75(103)104)42-28-38(88)29-48(91)55(42)41-23-34(14-19-46(41)89)58(71(99)87-62)83-72(100)59(37)84-73(101)60-43-30-40(31-49(92)56(43)79)108-51-25-35(15-20-47(51)90)57(80-3)70(98)81-45(69(97)85-60)22-33-12-17-39(107-52)18-13-33/h12-21,23-32,45,57-66,68,77,80,88-92,94-96H,5-11,22H2,1-4H3,(H,81,98)(H,82,93)(H,83,100)(H,84,101)(H,85,97)(H,86,102)(H,87,99)(H,103,104)/t45-,57+,58-,59-,60+,61+,62+,63-,64-,65-,66+,68+,77-/m1/s1. The van der Waals surface area contributed by atoms with Gasteiger partial charge < -0.3 is 117 Å². The second-order valence-electron chi connectivity index (χ2n) is 27.6. The van der Waals surface area contributed by atoms with Gasteiger partial charge in [-0.2, -0.15) is 0 Å². The number of esters is 1. The predicted molar refractivity (Wildman–Crippen MR) is 391 cm³/mol. The van der Waals surface area contributed by atoms with Crippen LogP contribution >= 0.6 is 23.2 Å². The van der Waals surface area contributed by atoms with Crippen LogP contribution in [0.2, 0.25) is 10.0 Å². The molecule has 7 amide bonds. The molecule has 0 saturated carbocycles. The number of carbonyl (C=O) groups excluding carboxylic acids is 8. The summed E-state index contributed by atoms with van der Waals surface area (Å²) in [7, 11) is 2.41. The molecule has 7 aromatic rings. The number of carbonyl (C=O) groups is 9. The number of benzene rings is 7. The molecule has 0 unspecified atom stereocenters. The maximum atomic E-state index is 16.4. The Labute approximate surface area is 642 Å². The molecule has 32 nitrogen and oxygen atoms in total. The average Bonchev–Trinajstić information content (AvgIpc) is 0.769. The molecule has 17 N–H and O–H groups in total. The van der Waals surface area contributed by atoms with Gasteiger partial charge in [0.25, 0.3) is 0 Å². The average molecular weight is 1570 g/mol. The quantitative estimate of drug-likeness (QED) is 0.0413. The zero-order chi connectivity index (χ0) is 79.5. The molecule has 1 fully saturated rings. The first-order valence-corrected chi connectivity index (χ1v) is 36.0. The maximum absolute atomic E-state index is 16.4. The van der Waals surface area contributed by atoms with Gasteiger partial charge in [0.05, 0.1) is 17.2 Å². The molecule has 34 heteroatoms. The first-order chi connectivity index (χ1) is 53.0. The van der Waals surface area contributed by atoms with Gasteiger partial charge >= 0.3 is 11.9 Å². The van der Waals surface area contributed by atoms with Crippen LogP contribution in [0.3, 0.4) is 0 Å². The largest absolute Gasteiger partial charge is 0.508 e. The van der Waals surface area contributed by atoms with Crippen LogP contribution in [-0.2, 0) is 59.0 Å². The third kappa shape index (κ3) is 17.1. The number of ether oxygens (including phenoxy) is 6. The van der Waals surface area contributed by atoms with Crippen LogP contribution in [0.25, 0.3) is 11.1 Å². The lowest BCUT2D eigenvalue weighted by molar-refractivity contribution is -0.242. The highest BCUT2D eigenvalue weighted by atomic mass is 35.5. The van der Waals surface area contributed by atoms with E-state index in [9.17, 15) is 69.9 Å². The van der Waals surface area contributed by atoms with Gasteiger partial charge in [-0.3, -0.25) is 33.6 Å². The smallest absolute Gasteiger partial charge is 0.337 e. The van der Waals surface area contributed by atoms with Crippen LogP contribution in [0.15, 0.2) is 115 Å². The van der Waals surface area contributed by atoms with E-state index in [0.717, 1.165) is 106 Å². The lowest BCUT2D eigenvalue weighted by Gasteiger charge is -2.41. The topological polar surface area (TPSA) is 487 Å². The molecule has 0 aromatic heterocycles. The number of methoxy groups -OCH3 is 1. The minimum absolute atomic E-state index is 0.0949. The summed E-state index contributed by atoms with van der Waals surface area (Å²) < 4.78 is 37.5. The number of aliphatic hydroxyl groups is 3. The van der Waals surface area contributed by atoms with Gasteiger partial charge in [0.15, 0.2) is 35.1 Å². The summed E-state index contributed by atoms with van der Waals surface area (Å²) in [5.41, 5.74) is -2.58. The molecular formula is C77H78Cl2N8O24. The fourth-order valence-electron chi connectivity index (χ4n) is 13.8. The molecule has 17 bridgehead atoms. The molecular weight excluding hydrogens is 1490 g/mol. The lowest BCUT2D eigenvalue weighted by Crippen LogP contribution is -2.66. The number of carboxylic acid groups (broad SMARTS) is 1. The highest BCUT2D eigenvalue weighted by molar-refractivity contribution is 6.33. The van der Waals surface area contributed by atoms with Gasteiger partial charge in [0.2, 0.25) is 53.4 Å². The Kier molecular flexibility index (Phi) is 23.7. The predicted octanol–water partition coefficient (Wildman–Crippen LogP) is 6.41. The number of nitrogens with one attached hydrogen (secondary N) is 8. The first kappa shape index (κ1) is 78.9. The number of aromatic hydroxyl groups is 5. The number of amides is 7. The number of aliphatic hydroxyl groups excluding tert-OH is 3. The summed E-state index contributed by atoms with van der Waals surface area (Å²) in [6.45, 7) is 4.24. The third-order valence-corrected chi connectivity index (χ3v) is 20.2. The molecule has 13 atom stereocenters. The summed E-state index contributed by atoms with van der Waals surface area (Å²) in [5.74, 6) is -17.2. The van der Waals surface area contributed by atoms with Crippen molar-refractivity contribution in [1.82, 2.24) is 42.5 Å². The normalized spacial score (nSPS) is 23.7. The summed E-state index contributed by atoms with van der Waals surface area (Å²) in [6, 6.07) is 6.00. The molecule has 7 aliphatic rings. The van der Waals surface area contributed by atoms with Gasteiger partial charge in [-0.15, -0.1) is 0 Å². The summed E-state index contributed by atoms with van der Waals surface area (Å²) in [5, 5.41) is 124. The van der Waals surface area contributed by atoms with Crippen molar-refractivity contribution >= 4 is 76.5 Å². The Balaban J connectivity index is 1.10. The summed E-state index contributed by atoms with van der Waals surface area (Å²) in [4.78, 5) is 134. The summed E-state index contributed by atoms with van der Waals surface area (Å²) in [6.07, 6.45) is -6.29. The number of aliphatic carboxylic acids is 1. The van der Waals surface area contributed by atoms with Gasteiger partial charge in [-0.25, -0.2) is 9.59 Å². The van der Waals surface area contributed by atoms with Crippen molar-refractivity contribution in [2.75, 3.05) is 14.2 Å². The molecule has 7 aliphatic heterocycles. The minimum Gasteiger partial charge on any atom is -0.508 e. The number of rotatable bonds is 14. The van der Waals surface area contributed by atoms with Crippen LogP contribution in [-0.4, -0.2) is 156 Å². The number of hydrogen-bond donors (Lipinski definition) is 17. The number of likely N-dealkylation sites (N-methyl/N-ethyl adjacent to an activating group) is 1. The SMILES string of the molecule is CN[C@@H]1C(=O)N[C@@H]2Cc3ccc(cc3)Oc3cc4cc(c3O[C@@H]3O[C@H](C(=O)OC)[C@@H](O)[C@H](O)[C@H]3NC(=O)CCCCCCCC(C)C)Oc3ccc(cc3Cl)[C@@H](O)[C@@H]3NC(=O)[C@H](NC(=O)[C@@H]4NC(=O)[C@@H](NC2=O)c2cc(cc(O)c2Cl)Oc2cc1ccc2O)c1ccc(O)c(c1)-c1c(O)cc(O)cc1[C@@H](C(=O)O)NC3=O. The fourth-order valence-corrected chi connectivity index (χ4v) is 14.2. The van der Waals surface area contributed by atoms with Crippen LogP contribution in [0, 0.1) is 5.92 Å². The number of halogens is 2. The minimum atomic E-state index is -2.37. The molecule has 111 heavy (non-hydrogen) atoms. The highest BCUT2D eigenvalue weighted by Crippen LogP contribution is 2.50. The molecule has 0 spiro atoms. The molecule has 7 aromatic carbocycles. The molecule has 0 aliphatic carbocycles. The second-order valence-corrected chi connectivity index (χ2v) is 28.4. The Bertz CT molecular complexity index is 4840. The number of carboxylic acids is 1. The summed E-state index contributed by atoms with van der Waals surface area (Å²) >= 11 is 14.1. The van der Waals surface area contributed by atoms with Crippen molar-refractivity contribution in [3.05, 3.63) is 164 Å². The fraction of sp³-hybridized carbons (Fsp3) is 0.338. The van der Waals surface area contributed by atoms with E-state index in [1.807, 2.05) is 0 Å². The third-order valence-electron chi connectivity index (χ3n) is 19.5. The number of phenols is 5. The van der Waals surface area contributed by atoms with Crippen molar-refractivity contribution < 1.29 is 118 Å². The van der Waals surface area contributed by atoms with Crippen LogP contribution in [0.4, 0.5) is 0 Å². The molecule has 14 rings (SSSR count). The zero-order valence-corrected chi connectivity index (χ0v) is 61.1. The molecule has 584 valence electrons. The molecule has 7 heterocycles. The van der Waals surface area contributed by atoms with E-state index in [1.54, 1.807) is 0 Å². The Morgan fingerprint density at radius 1 is 0.577 bits per heavy atom. The van der Waals surface area contributed by atoms with E-state index in [0.29, 0.717) is 24.3 Å². The van der Waals surface area contributed by atoms with Gasteiger partial charge in [-0.05, 0) is 120 Å². The number of phenolic OH excluding ortho intramolecular Hbond substituents is 5. The second kappa shape index (κ2) is 33.3. The highest BCUT2D eigenvalue weighted by Gasteiger charge is 2.51. The Morgan fingerprint density at radius 2 is 1.22 bits per heavy atom. The monoisotopic (exact) mass is 1570 g/mol.